The summed E-state index contributed by atoms with van der Waals surface area (Å²) in [6.45, 7) is 23.5. The molecule has 0 bridgehead atoms. The van der Waals surface area contributed by atoms with Gasteiger partial charge in [0.05, 0.1) is 34.7 Å². The number of hydrogen-bond acceptors (Lipinski definition) is 7. The Kier molecular flexibility index (Phi) is 9.77. The number of nitrogens with zero attached hydrogens (tertiary/aromatic N) is 1. The second kappa shape index (κ2) is 13.7. The van der Waals surface area contributed by atoms with Crippen molar-refractivity contribution in [1.82, 2.24) is 20.6 Å². The molecule has 2 aromatic rings. The Bertz CT molecular complexity index is 2200. The zero-order valence-electron chi connectivity index (χ0n) is 37.8. The number of imidazole rings is 1. The molecule has 5 saturated carbocycles. The number of H-pyrrole nitrogens is 1. The molecule has 10 atom stereocenters. The molecule has 6 aliphatic carbocycles. The van der Waals surface area contributed by atoms with Crippen LogP contribution < -0.4 is 10.6 Å². The fourth-order valence-electron chi connectivity index (χ4n) is 14.8. The molecule has 0 spiro atoms. The monoisotopic (exact) mass is 825 g/mol. The summed E-state index contributed by atoms with van der Waals surface area (Å²) in [6, 6.07) is 5.23. The Labute approximate surface area is 355 Å². The Hall–Kier alpha value is -4.02. The first-order chi connectivity index (χ1) is 27.8. The van der Waals surface area contributed by atoms with Gasteiger partial charge in [0, 0.05) is 17.4 Å². The molecule has 1 aromatic carbocycles. The van der Waals surface area contributed by atoms with E-state index in [1.165, 1.54) is 0 Å². The quantitative estimate of drug-likeness (QED) is 0.192. The lowest BCUT2D eigenvalue weighted by atomic mass is 9.33. The molecule has 0 saturated heterocycles. The third-order valence-electron chi connectivity index (χ3n) is 18.5. The lowest BCUT2D eigenvalue weighted by Crippen LogP contribution is -2.68. The number of aliphatic carboxylic acids is 1. The maximum atomic E-state index is 14.5. The Morgan fingerprint density at radius 1 is 0.883 bits per heavy atom. The highest BCUT2D eigenvalue weighted by Crippen LogP contribution is 2.76. The topological polar surface area (TPSA) is 168 Å². The molecule has 1 unspecified atom stereocenters. The van der Waals surface area contributed by atoms with E-state index >= 15 is 0 Å². The van der Waals surface area contributed by atoms with E-state index in [2.05, 4.69) is 69.1 Å². The van der Waals surface area contributed by atoms with Crippen molar-refractivity contribution < 1.29 is 33.8 Å². The van der Waals surface area contributed by atoms with Crippen LogP contribution in [0.2, 0.25) is 0 Å². The van der Waals surface area contributed by atoms with Crippen LogP contribution in [0.15, 0.2) is 35.7 Å². The normalized spacial score (nSPS) is 37.9. The van der Waals surface area contributed by atoms with Gasteiger partial charge < -0.3 is 25.5 Å². The van der Waals surface area contributed by atoms with Gasteiger partial charge in [0.2, 0.25) is 5.91 Å². The maximum absolute atomic E-state index is 14.5. The van der Waals surface area contributed by atoms with Gasteiger partial charge in [0.25, 0.3) is 5.91 Å². The van der Waals surface area contributed by atoms with Gasteiger partial charge in [-0.1, -0.05) is 62.3 Å². The number of fused-ring (bicyclic) bond motifs is 8. The van der Waals surface area contributed by atoms with Gasteiger partial charge in [-0.25, -0.2) is 4.98 Å². The summed E-state index contributed by atoms with van der Waals surface area (Å²) in [7, 11) is 0. The SMILES string of the molecule is CC(C)C1=C2[C@H]3CC[C@@H]4[C@@]5(C)CC[C@H](OC(=O)C6C[C@@H](C(=O)O)C6(C)C)C(C)(C)[C@@H]5CC[C@@]4(C)[C@]3(C)CC[C@@]2(NC(=O)C(C)(C)NC(=O)c2ccc3nc[nH]c3c2)CC1=O. The molecule has 1 aromatic heterocycles. The van der Waals surface area contributed by atoms with Crippen molar-refractivity contribution in [3.63, 3.8) is 0 Å². The predicted molar refractivity (Wildman–Crippen MR) is 228 cm³/mol. The summed E-state index contributed by atoms with van der Waals surface area (Å²) in [5.41, 5.74) is 0.886. The highest BCUT2D eigenvalue weighted by Gasteiger charge is 2.71. The number of benzene rings is 1. The standard InChI is InChI=1S/C49H68N4O7/c1-26(2)37-33(54)24-49(53-42(59)45(7,8)52-39(55)27-12-14-31-32(22-27)51-25-50-31)21-20-47(10)28(38(37)49)13-15-35-46(9)18-17-36(44(5,6)34(46)16-19-48(35,47)11)60-41(58)30-23-29(40(56)57)43(30,3)4/h12,14,22,25-26,28-30,34-36H,13,15-21,23-24H2,1-11H3,(H,50,51)(H,52,55)(H,53,59)(H,56,57)/t28-,29+,30?,34+,35-,36+,46+,47-,48-,49-/m1/s1. The summed E-state index contributed by atoms with van der Waals surface area (Å²) in [6.07, 6.45) is 9.23. The first-order valence-corrected chi connectivity index (χ1v) is 22.6. The van der Waals surface area contributed by atoms with Gasteiger partial charge in [-0.05, 0) is 146 Å². The smallest absolute Gasteiger partial charge is 0.309 e. The van der Waals surface area contributed by atoms with Crippen LogP contribution in [0, 0.1) is 62.6 Å². The van der Waals surface area contributed by atoms with E-state index in [4.69, 9.17) is 4.74 Å². The van der Waals surface area contributed by atoms with E-state index in [0.717, 1.165) is 67.1 Å². The molecular formula is C49H68N4O7. The van der Waals surface area contributed by atoms with Crippen LogP contribution in [-0.4, -0.2) is 61.8 Å². The maximum Gasteiger partial charge on any atom is 0.309 e. The van der Waals surface area contributed by atoms with Crippen LogP contribution in [0.1, 0.15) is 151 Å². The molecule has 11 heteroatoms. The summed E-state index contributed by atoms with van der Waals surface area (Å²) in [5, 5.41) is 16.1. The van der Waals surface area contributed by atoms with E-state index < -0.39 is 34.3 Å². The summed E-state index contributed by atoms with van der Waals surface area (Å²) < 4.78 is 6.42. The number of amides is 2. The number of aromatic nitrogens is 2. The third kappa shape index (κ3) is 5.99. The van der Waals surface area contributed by atoms with Gasteiger partial charge in [-0.2, -0.15) is 0 Å². The molecular weight excluding hydrogens is 757 g/mol. The van der Waals surface area contributed by atoms with E-state index in [-0.39, 0.29) is 69.6 Å². The average Bonchev–Trinajstić information content (AvgIpc) is 3.73. The molecule has 11 nitrogen and oxygen atoms in total. The molecule has 60 heavy (non-hydrogen) atoms. The number of ether oxygens (including phenoxy) is 1. The van der Waals surface area contributed by atoms with Crippen molar-refractivity contribution >= 4 is 40.6 Å². The molecule has 2 amide bonds. The number of carboxylic acid groups (broad SMARTS) is 1. The minimum Gasteiger partial charge on any atom is -0.481 e. The second-order valence-corrected chi connectivity index (χ2v) is 22.7. The molecule has 326 valence electrons. The Morgan fingerprint density at radius 3 is 2.27 bits per heavy atom. The van der Waals surface area contributed by atoms with Gasteiger partial charge >= 0.3 is 11.9 Å². The van der Waals surface area contributed by atoms with Gasteiger partial charge in [0.1, 0.15) is 11.6 Å². The van der Waals surface area contributed by atoms with Crippen molar-refractivity contribution in [3.8, 4) is 0 Å². The lowest BCUT2D eigenvalue weighted by Gasteiger charge is -2.72. The van der Waals surface area contributed by atoms with Crippen LogP contribution in [0.25, 0.3) is 11.0 Å². The van der Waals surface area contributed by atoms with Crippen molar-refractivity contribution in [2.75, 3.05) is 0 Å². The van der Waals surface area contributed by atoms with Gasteiger partial charge in [-0.3, -0.25) is 24.0 Å². The molecule has 4 N–H and O–H groups in total. The Morgan fingerprint density at radius 2 is 1.60 bits per heavy atom. The van der Waals surface area contributed by atoms with Crippen molar-refractivity contribution in [1.29, 1.82) is 0 Å². The average molecular weight is 825 g/mol. The number of carbonyl (C=O) groups excluding carboxylic acids is 4. The zero-order valence-corrected chi connectivity index (χ0v) is 37.8. The molecule has 5 fully saturated rings. The number of allylic oxidation sites excluding steroid dienone is 1. The van der Waals surface area contributed by atoms with E-state index in [9.17, 15) is 29.1 Å². The third-order valence-corrected chi connectivity index (χ3v) is 18.5. The number of ketones is 1. The van der Waals surface area contributed by atoms with Crippen LogP contribution in [-0.2, 0) is 23.9 Å². The van der Waals surface area contributed by atoms with Crippen LogP contribution in [0.5, 0.6) is 0 Å². The molecule has 0 radical (unpaired) electrons. The number of rotatable bonds is 8. The van der Waals surface area contributed by atoms with E-state index in [1.807, 2.05) is 13.8 Å². The summed E-state index contributed by atoms with van der Waals surface area (Å²) in [5.74, 6) is -1.65. The van der Waals surface area contributed by atoms with Crippen LogP contribution >= 0.6 is 0 Å². The van der Waals surface area contributed by atoms with Crippen molar-refractivity contribution in [2.24, 2.45) is 62.6 Å². The first kappa shape index (κ1) is 42.7. The minimum atomic E-state index is -1.25. The largest absolute Gasteiger partial charge is 0.481 e. The lowest BCUT2D eigenvalue weighted by molar-refractivity contribution is -0.235. The molecule has 6 aliphatic rings. The van der Waals surface area contributed by atoms with Gasteiger partial charge in [0.15, 0.2) is 5.78 Å². The van der Waals surface area contributed by atoms with Crippen LogP contribution in [0.3, 0.4) is 0 Å². The van der Waals surface area contributed by atoms with Crippen molar-refractivity contribution in [3.05, 3.63) is 41.2 Å². The number of aromatic amines is 1. The number of Topliss-reactive ketones (excluding diaryl/α,β-unsaturated/α-hetero) is 1. The molecule has 0 aliphatic heterocycles. The van der Waals surface area contributed by atoms with E-state index in [1.54, 1.807) is 38.4 Å². The summed E-state index contributed by atoms with van der Waals surface area (Å²) >= 11 is 0. The minimum absolute atomic E-state index is 0.0110. The number of esters is 1. The number of carbonyl (C=O) groups is 5. The summed E-state index contributed by atoms with van der Waals surface area (Å²) in [4.78, 5) is 75.0. The zero-order chi connectivity index (χ0) is 43.7. The fraction of sp³-hybridized carbons (Fsp3) is 0.714. The first-order valence-electron chi connectivity index (χ1n) is 22.6. The highest BCUT2D eigenvalue weighted by atomic mass is 16.5. The van der Waals surface area contributed by atoms with Crippen molar-refractivity contribution in [2.45, 2.75) is 158 Å². The predicted octanol–water partition coefficient (Wildman–Crippen LogP) is 8.58. The molecule has 1 heterocycles. The number of carboxylic acids is 1. The van der Waals surface area contributed by atoms with Crippen LogP contribution in [0.4, 0.5) is 0 Å². The Balaban J connectivity index is 1.03. The fourth-order valence-corrected chi connectivity index (χ4v) is 14.8. The highest BCUT2D eigenvalue weighted by molar-refractivity contribution is 6.04. The second-order valence-electron chi connectivity index (χ2n) is 22.7. The number of hydrogen-bond donors (Lipinski definition) is 4. The molecule has 8 rings (SSSR count). The number of nitrogens with one attached hydrogen (secondary N) is 3. The van der Waals surface area contributed by atoms with Gasteiger partial charge in [-0.15, -0.1) is 0 Å². The van der Waals surface area contributed by atoms with E-state index in [0.29, 0.717) is 30.2 Å².